The molecule has 2 saturated carbocycles. The minimum atomic E-state index is 0.0364. The first kappa shape index (κ1) is 7.60. The van der Waals surface area contributed by atoms with Gasteiger partial charge in [-0.3, -0.25) is 0 Å². The Labute approximate surface area is 68.8 Å². The van der Waals surface area contributed by atoms with E-state index in [9.17, 15) is 5.11 Å². The molecule has 2 aliphatic rings. The van der Waals surface area contributed by atoms with Crippen LogP contribution in [-0.2, 0) is 0 Å². The summed E-state index contributed by atoms with van der Waals surface area (Å²) in [5.74, 6) is 1.86. The lowest BCUT2D eigenvalue weighted by Crippen LogP contribution is -2.29. The largest absolute Gasteiger partial charge is 0.393 e. The minimum Gasteiger partial charge on any atom is -0.393 e. The molecule has 0 saturated heterocycles. The molecular formula is C10H18O. The molecule has 1 heteroatoms. The highest BCUT2D eigenvalue weighted by Gasteiger charge is 2.30. The Hall–Kier alpha value is -0.0400. The lowest BCUT2D eigenvalue weighted by molar-refractivity contribution is 0.0491. The van der Waals surface area contributed by atoms with Gasteiger partial charge in [-0.15, -0.1) is 0 Å². The normalized spacial score (nSPS) is 45.0. The summed E-state index contributed by atoms with van der Waals surface area (Å²) in [5.41, 5.74) is 0. The molecule has 0 heterocycles. The molecule has 0 aromatic carbocycles. The minimum absolute atomic E-state index is 0.0364. The average molecular weight is 154 g/mol. The van der Waals surface area contributed by atoms with E-state index >= 15 is 0 Å². The van der Waals surface area contributed by atoms with Crippen LogP contribution in [0.1, 0.15) is 44.9 Å². The monoisotopic (exact) mass is 154 g/mol. The van der Waals surface area contributed by atoms with E-state index < -0.39 is 0 Å². The first-order valence-electron chi connectivity index (χ1n) is 5.04. The van der Waals surface area contributed by atoms with E-state index in [-0.39, 0.29) is 6.10 Å². The van der Waals surface area contributed by atoms with Gasteiger partial charge in [-0.25, -0.2) is 0 Å². The maximum Gasteiger partial charge on any atom is 0.0543 e. The summed E-state index contributed by atoms with van der Waals surface area (Å²) >= 11 is 0. The molecule has 0 aliphatic heterocycles. The van der Waals surface area contributed by atoms with Crippen molar-refractivity contribution in [3.05, 3.63) is 0 Å². The zero-order valence-corrected chi connectivity index (χ0v) is 7.13. The molecule has 3 atom stereocenters. The first-order valence-corrected chi connectivity index (χ1v) is 5.04. The van der Waals surface area contributed by atoms with Crippen LogP contribution in [0.4, 0.5) is 0 Å². The standard InChI is InChI=1S/C10H18O/c11-10-6-5-8-3-1-2-4-9(8)7-10/h8-11H,1-7H2/t8-,9?,10?/m0/s1. The Morgan fingerprint density at radius 1 is 0.818 bits per heavy atom. The van der Waals surface area contributed by atoms with Crippen LogP contribution in [0.3, 0.4) is 0 Å². The molecule has 0 spiro atoms. The van der Waals surface area contributed by atoms with E-state index in [1.807, 2.05) is 0 Å². The molecule has 0 aromatic heterocycles. The molecule has 1 N–H and O–H groups in total. The van der Waals surface area contributed by atoms with Crippen LogP contribution in [0.2, 0.25) is 0 Å². The van der Waals surface area contributed by atoms with E-state index in [4.69, 9.17) is 0 Å². The number of fused-ring (bicyclic) bond motifs is 1. The first-order chi connectivity index (χ1) is 5.36. The van der Waals surface area contributed by atoms with Crippen molar-refractivity contribution in [3.63, 3.8) is 0 Å². The van der Waals surface area contributed by atoms with E-state index in [0.717, 1.165) is 24.7 Å². The molecule has 64 valence electrons. The quantitative estimate of drug-likeness (QED) is 0.568. The fourth-order valence-electron chi connectivity index (χ4n) is 2.85. The molecule has 1 nitrogen and oxygen atoms in total. The van der Waals surface area contributed by atoms with E-state index in [0.29, 0.717) is 0 Å². The summed E-state index contributed by atoms with van der Waals surface area (Å²) in [5, 5.41) is 9.45. The second-order valence-electron chi connectivity index (χ2n) is 4.27. The third-order valence-corrected chi connectivity index (χ3v) is 3.51. The maximum absolute atomic E-state index is 9.45. The number of aliphatic hydroxyl groups excluding tert-OH is 1. The van der Waals surface area contributed by atoms with E-state index in [2.05, 4.69) is 0 Å². The van der Waals surface area contributed by atoms with Crippen LogP contribution in [0.5, 0.6) is 0 Å². The predicted molar refractivity (Wildman–Crippen MR) is 45.3 cm³/mol. The summed E-state index contributed by atoms with van der Waals surface area (Å²) in [7, 11) is 0. The van der Waals surface area contributed by atoms with Crippen LogP contribution in [0.25, 0.3) is 0 Å². The van der Waals surface area contributed by atoms with Gasteiger partial charge in [-0.05, 0) is 31.1 Å². The van der Waals surface area contributed by atoms with Gasteiger partial charge in [0, 0.05) is 0 Å². The molecule has 0 aromatic rings. The van der Waals surface area contributed by atoms with Crippen molar-refractivity contribution in [1.29, 1.82) is 0 Å². The Morgan fingerprint density at radius 2 is 1.55 bits per heavy atom. The highest BCUT2D eigenvalue weighted by atomic mass is 16.3. The molecule has 11 heavy (non-hydrogen) atoms. The molecule has 2 rings (SSSR count). The van der Waals surface area contributed by atoms with Crippen molar-refractivity contribution in [2.75, 3.05) is 0 Å². The fourth-order valence-corrected chi connectivity index (χ4v) is 2.85. The zero-order chi connectivity index (χ0) is 7.68. The molecule has 0 radical (unpaired) electrons. The van der Waals surface area contributed by atoms with Gasteiger partial charge in [0.05, 0.1) is 6.10 Å². The smallest absolute Gasteiger partial charge is 0.0543 e. The molecule has 2 unspecified atom stereocenters. The van der Waals surface area contributed by atoms with Crippen molar-refractivity contribution in [3.8, 4) is 0 Å². The van der Waals surface area contributed by atoms with E-state index in [1.54, 1.807) is 0 Å². The number of rotatable bonds is 0. The number of hydrogen-bond acceptors (Lipinski definition) is 1. The topological polar surface area (TPSA) is 20.2 Å². The Kier molecular flexibility index (Phi) is 2.17. The Balaban J connectivity index is 1.93. The summed E-state index contributed by atoms with van der Waals surface area (Å²) in [6.45, 7) is 0. The van der Waals surface area contributed by atoms with Gasteiger partial charge in [-0.2, -0.15) is 0 Å². The third kappa shape index (κ3) is 1.58. The highest BCUT2D eigenvalue weighted by molar-refractivity contribution is 4.82. The van der Waals surface area contributed by atoms with Gasteiger partial charge in [0.1, 0.15) is 0 Å². The van der Waals surface area contributed by atoms with Crippen molar-refractivity contribution in [2.24, 2.45) is 11.8 Å². The average Bonchev–Trinajstić information content (AvgIpc) is 2.04. The van der Waals surface area contributed by atoms with Gasteiger partial charge in [0.2, 0.25) is 0 Å². The van der Waals surface area contributed by atoms with Crippen molar-refractivity contribution >= 4 is 0 Å². The molecule has 0 bridgehead atoms. The molecule has 0 amide bonds. The molecule has 2 aliphatic carbocycles. The zero-order valence-electron chi connectivity index (χ0n) is 7.13. The predicted octanol–water partition coefficient (Wildman–Crippen LogP) is 2.34. The molecule has 2 fully saturated rings. The molecular weight excluding hydrogens is 136 g/mol. The van der Waals surface area contributed by atoms with E-state index in [1.165, 1.54) is 32.1 Å². The fraction of sp³-hybridized carbons (Fsp3) is 1.00. The summed E-state index contributed by atoms with van der Waals surface area (Å²) < 4.78 is 0. The second-order valence-corrected chi connectivity index (χ2v) is 4.27. The SMILES string of the molecule is OC1CC[C@@H]2CCCCC2C1. The van der Waals surface area contributed by atoms with Crippen molar-refractivity contribution < 1.29 is 5.11 Å². The summed E-state index contributed by atoms with van der Waals surface area (Å²) in [4.78, 5) is 0. The Bertz CT molecular complexity index is 133. The van der Waals surface area contributed by atoms with Gasteiger partial charge < -0.3 is 5.11 Å². The Morgan fingerprint density at radius 3 is 2.36 bits per heavy atom. The number of hydrogen-bond donors (Lipinski definition) is 1. The van der Waals surface area contributed by atoms with Crippen molar-refractivity contribution in [1.82, 2.24) is 0 Å². The van der Waals surface area contributed by atoms with Gasteiger partial charge in [0.25, 0.3) is 0 Å². The summed E-state index contributed by atoms with van der Waals surface area (Å²) in [6.07, 6.45) is 9.19. The van der Waals surface area contributed by atoms with Crippen LogP contribution >= 0.6 is 0 Å². The highest BCUT2D eigenvalue weighted by Crippen LogP contribution is 2.40. The number of aliphatic hydroxyl groups is 1. The lowest BCUT2D eigenvalue weighted by Gasteiger charge is -2.37. The van der Waals surface area contributed by atoms with Crippen molar-refractivity contribution in [2.45, 2.75) is 51.0 Å². The third-order valence-electron chi connectivity index (χ3n) is 3.51. The van der Waals surface area contributed by atoms with Crippen LogP contribution in [0, 0.1) is 11.8 Å². The maximum atomic E-state index is 9.45. The van der Waals surface area contributed by atoms with Crippen LogP contribution in [0.15, 0.2) is 0 Å². The second kappa shape index (κ2) is 3.14. The summed E-state index contributed by atoms with van der Waals surface area (Å²) in [6, 6.07) is 0. The van der Waals surface area contributed by atoms with Gasteiger partial charge in [-0.1, -0.05) is 25.7 Å². The lowest BCUT2D eigenvalue weighted by atomic mass is 9.70. The van der Waals surface area contributed by atoms with Gasteiger partial charge >= 0.3 is 0 Å². The van der Waals surface area contributed by atoms with Gasteiger partial charge in [0.15, 0.2) is 0 Å². The van der Waals surface area contributed by atoms with Crippen LogP contribution < -0.4 is 0 Å². The van der Waals surface area contributed by atoms with Crippen LogP contribution in [-0.4, -0.2) is 11.2 Å².